The topological polar surface area (TPSA) is 64.2 Å². The summed E-state index contributed by atoms with van der Waals surface area (Å²) in [5.41, 5.74) is 3.24. The molecule has 2 aromatic carbocycles. The van der Waals surface area contributed by atoms with Gasteiger partial charge in [0.25, 0.3) is 0 Å². The molecule has 23 heavy (non-hydrogen) atoms. The van der Waals surface area contributed by atoms with Gasteiger partial charge < -0.3 is 9.47 Å². The monoisotopic (exact) mass is 328 g/mol. The molecular formula is C17H16N2O3S. The summed E-state index contributed by atoms with van der Waals surface area (Å²) in [6.45, 7) is 0.223. The lowest BCUT2D eigenvalue weighted by atomic mass is 10.0. The van der Waals surface area contributed by atoms with E-state index in [1.165, 1.54) is 0 Å². The maximum atomic E-state index is 11.2. The van der Waals surface area contributed by atoms with Crippen molar-refractivity contribution in [2.24, 2.45) is 0 Å². The van der Waals surface area contributed by atoms with Crippen molar-refractivity contribution in [2.45, 2.75) is 6.42 Å². The van der Waals surface area contributed by atoms with E-state index in [0.29, 0.717) is 12.2 Å². The molecule has 0 atom stereocenters. The highest BCUT2D eigenvalue weighted by molar-refractivity contribution is 7.02. The number of methoxy groups -OCH3 is 1. The predicted molar refractivity (Wildman–Crippen MR) is 89.9 cm³/mol. The number of nitrogens with one attached hydrogen (secondary N) is 1. The minimum atomic E-state index is -0.126. The summed E-state index contributed by atoms with van der Waals surface area (Å²) < 4.78 is 14.5. The van der Waals surface area contributed by atoms with E-state index in [-0.39, 0.29) is 11.7 Å². The van der Waals surface area contributed by atoms with Gasteiger partial charge in [0.05, 0.1) is 0 Å². The molecule has 0 aliphatic rings. The van der Waals surface area contributed by atoms with E-state index in [1.807, 2.05) is 42.5 Å². The van der Waals surface area contributed by atoms with Crippen LogP contribution in [0.1, 0.15) is 11.4 Å². The van der Waals surface area contributed by atoms with Crippen molar-refractivity contribution in [2.75, 3.05) is 13.9 Å². The number of rotatable bonds is 6. The van der Waals surface area contributed by atoms with E-state index in [2.05, 4.69) is 15.4 Å². The highest BCUT2D eigenvalue weighted by Crippen LogP contribution is 2.25. The number of ether oxygens (including phenoxy) is 2. The molecule has 3 rings (SSSR count). The minimum Gasteiger partial charge on any atom is -0.468 e. The van der Waals surface area contributed by atoms with Crippen molar-refractivity contribution in [1.29, 1.82) is 0 Å². The maximum Gasteiger partial charge on any atom is 0.323 e. The van der Waals surface area contributed by atoms with Gasteiger partial charge >= 0.3 is 4.87 Å². The first-order valence-electron chi connectivity index (χ1n) is 7.10. The number of aromatic amines is 1. The Morgan fingerprint density at radius 2 is 1.91 bits per heavy atom. The van der Waals surface area contributed by atoms with E-state index in [4.69, 9.17) is 9.47 Å². The third-order valence-corrected chi connectivity index (χ3v) is 3.87. The summed E-state index contributed by atoms with van der Waals surface area (Å²) in [7, 11) is 1.59. The molecule has 1 heterocycles. The van der Waals surface area contributed by atoms with Crippen LogP contribution in [0, 0.1) is 0 Å². The second-order valence-electron chi connectivity index (χ2n) is 5.00. The SMILES string of the molecule is COCOc1cccc(-c2cccc(Cc3nsc(=O)[nH]3)c2)c1. The summed E-state index contributed by atoms with van der Waals surface area (Å²) in [4.78, 5) is 13.8. The summed E-state index contributed by atoms with van der Waals surface area (Å²) in [6.07, 6.45) is 0.604. The molecule has 0 saturated carbocycles. The van der Waals surface area contributed by atoms with Crippen molar-refractivity contribution in [1.82, 2.24) is 9.36 Å². The molecule has 118 valence electrons. The van der Waals surface area contributed by atoms with Crippen LogP contribution in [-0.4, -0.2) is 23.3 Å². The normalized spacial score (nSPS) is 10.7. The fourth-order valence-corrected chi connectivity index (χ4v) is 2.75. The molecule has 0 fully saturated rings. The quantitative estimate of drug-likeness (QED) is 0.706. The van der Waals surface area contributed by atoms with E-state index in [9.17, 15) is 4.79 Å². The summed E-state index contributed by atoms with van der Waals surface area (Å²) in [6, 6.07) is 16.0. The van der Waals surface area contributed by atoms with Gasteiger partial charge in [-0.25, -0.2) is 0 Å². The number of nitrogens with zero attached hydrogens (tertiary/aromatic N) is 1. The van der Waals surface area contributed by atoms with Gasteiger partial charge in [0.1, 0.15) is 11.6 Å². The second kappa shape index (κ2) is 7.21. The number of hydrogen-bond donors (Lipinski definition) is 1. The Bertz CT molecular complexity index is 841. The largest absolute Gasteiger partial charge is 0.468 e. The van der Waals surface area contributed by atoms with Crippen molar-refractivity contribution >= 4 is 11.5 Å². The molecule has 0 amide bonds. The summed E-state index contributed by atoms with van der Waals surface area (Å²) in [5.74, 6) is 1.45. The summed E-state index contributed by atoms with van der Waals surface area (Å²) in [5, 5.41) is 0. The molecule has 0 spiro atoms. The molecule has 0 aliphatic carbocycles. The van der Waals surface area contributed by atoms with Crippen LogP contribution in [0.2, 0.25) is 0 Å². The molecule has 0 unspecified atom stereocenters. The third kappa shape index (κ3) is 4.06. The van der Waals surface area contributed by atoms with Gasteiger partial charge in [0.15, 0.2) is 6.79 Å². The average Bonchev–Trinajstić information content (AvgIpc) is 2.98. The van der Waals surface area contributed by atoms with Crippen LogP contribution in [0.4, 0.5) is 0 Å². The van der Waals surface area contributed by atoms with Gasteiger partial charge in [0, 0.05) is 25.1 Å². The first kappa shape index (κ1) is 15.5. The lowest BCUT2D eigenvalue weighted by Crippen LogP contribution is -1.98. The average molecular weight is 328 g/mol. The van der Waals surface area contributed by atoms with Crippen LogP contribution in [-0.2, 0) is 11.2 Å². The van der Waals surface area contributed by atoms with Gasteiger partial charge in [-0.1, -0.05) is 36.4 Å². The Morgan fingerprint density at radius 1 is 1.13 bits per heavy atom. The molecule has 1 aromatic heterocycles. The third-order valence-electron chi connectivity index (χ3n) is 3.29. The zero-order valence-electron chi connectivity index (χ0n) is 12.6. The minimum absolute atomic E-state index is 0.126. The molecule has 5 nitrogen and oxygen atoms in total. The molecule has 0 radical (unpaired) electrons. The van der Waals surface area contributed by atoms with Gasteiger partial charge in [-0.05, 0) is 28.8 Å². The zero-order chi connectivity index (χ0) is 16.1. The summed E-state index contributed by atoms with van der Waals surface area (Å²) >= 11 is 0.944. The Kier molecular flexibility index (Phi) is 4.85. The van der Waals surface area contributed by atoms with Gasteiger partial charge in [-0.2, -0.15) is 4.37 Å². The predicted octanol–water partition coefficient (Wildman–Crippen LogP) is 3.07. The first-order valence-corrected chi connectivity index (χ1v) is 7.88. The van der Waals surface area contributed by atoms with Crippen molar-refractivity contribution in [3.8, 4) is 16.9 Å². The molecule has 0 bridgehead atoms. The van der Waals surface area contributed by atoms with Crippen LogP contribution < -0.4 is 9.61 Å². The molecule has 0 saturated heterocycles. The van der Waals surface area contributed by atoms with Crippen LogP contribution in [0.3, 0.4) is 0 Å². The van der Waals surface area contributed by atoms with Gasteiger partial charge in [0.2, 0.25) is 0 Å². The Hall–Kier alpha value is -2.44. The number of benzene rings is 2. The van der Waals surface area contributed by atoms with Crippen LogP contribution >= 0.6 is 11.5 Å². The number of hydrogen-bond acceptors (Lipinski definition) is 5. The molecule has 6 heteroatoms. The van der Waals surface area contributed by atoms with Gasteiger partial charge in [-0.15, -0.1) is 0 Å². The lowest BCUT2D eigenvalue weighted by Gasteiger charge is -2.08. The molecule has 3 aromatic rings. The first-order chi connectivity index (χ1) is 11.2. The fraction of sp³-hybridized carbons (Fsp3) is 0.176. The van der Waals surface area contributed by atoms with Crippen LogP contribution in [0.5, 0.6) is 5.75 Å². The lowest BCUT2D eigenvalue weighted by molar-refractivity contribution is 0.0511. The highest BCUT2D eigenvalue weighted by Gasteiger charge is 2.04. The molecular weight excluding hydrogens is 312 g/mol. The zero-order valence-corrected chi connectivity index (χ0v) is 13.4. The van der Waals surface area contributed by atoms with E-state index in [0.717, 1.165) is 34.0 Å². The van der Waals surface area contributed by atoms with E-state index >= 15 is 0 Å². The Morgan fingerprint density at radius 3 is 2.65 bits per heavy atom. The van der Waals surface area contributed by atoms with E-state index < -0.39 is 0 Å². The Balaban J connectivity index is 1.83. The van der Waals surface area contributed by atoms with Crippen molar-refractivity contribution in [3.05, 3.63) is 69.6 Å². The maximum absolute atomic E-state index is 11.2. The highest BCUT2D eigenvalue weighted by atomic mass is 32.1. The molecule has 1 N–H and O–H groups in total. The fourth-order valence-electron chi connectivity index (χ4n) is 2.28. The molecule has 0 aliphatic heterocycles. The van der Waals surface area contributed by atoms with Crippen LogP contribution in [0.15, 0.2) is 53.3 Å². The second-order valence-corrected chi connectivity index (χ2v) is 5.73. The van der Waals surface area contributed by atoms with Crippen LogP contribution in [0.25, 0.3) is 11.1 Å². The van der Waals surface area contributed by atoms with Crippen molar-refractivity contribution in [3.63, 3.8) is 0 Å². The van der Waals surface area contributed by atoms with Crippen molar-refractivity contribution < 1.29 is 9.47 Å². The Labute approximate surface area is 137 Å². The van der Waals surface area contributed by atoms with Gasteiger partial charge in [-0.3, -0.25) is 9.78 Å². The number of aromatic nitrogens is 2. The number of H-pyrrole nitrogens is 1. The standard InChI is InChI=1S/C17H16N2O3S/c1-21-11-22-15-7-3-6-14(10-15)13-5-2-4-12(8-13)9-16-18-17(20)23-19-16/h2-8,10H,9,11H2,1H3,(H,18,19,20). The van der Waals surface area contributed by atoms with E-state index in [1.54, 1.807) is 7.11 Å². The smallest absolute Gasteiger partial charge is 0.323 e.